The zero-order chi connectivity index (χ0) is 12.1. The van der Waals surface area contributed by atoms with Crippen LogP contribution < -0.4 is 5.32 Å². The van der Waals surface area contributed by atoms with Gasteiger partial charge in [-0.05, 0) is 6.92 Å². The van der Waals surface area contributed by atoms with Gasteiger partial charge in [-0.1, -0.05) is 12.0 Å². The molecule has 0 saturated heterocycles. The Balaban J connectivity index is 2.31. The van der Waals surface area contributed by atoms with E-state index in [0.717, 1.165) is 0 Å². The van der Waals surface area contributed by atoms with Gasteiger partial charge in [0.05, 0.1) is 11.9 Å². The molecule has 0 spiro atoms. The highest BCUT2D eigenvalue weighted by Gasteiger charge is 2.13. The van der Waals surface area contributed by atoms with Crippen LogP contribution >= 0.6 is 11.8 Å². The monoisotopic (exact) mass is 245 g/mol. The Bertz CT molecular complexity index is 354. The van der Waals surface area contributed by atoms with Crippen LogP contribution in [0.5, 0.6) is 0 Å². The summed E-state index contributed by atoms with van der Waals surface area (Å²) in [4.78, 5) is 11.4. The summed E-state index contributed by atoms with van der Waals surface area (Å²) in [7, 11) is 0. The molecule has 0 saturated carbocycles. The molecular weight excluding hydrogens is 230 g/mol. The molecule has 2 N–H and O–H groups in total. The van der Waals surface area contributed by atoms with Crippen molar-refractivity contribution in [3.8, 4) is 0 Å². The van der Waals surface area contributed by atoms with Crippen molar-refractivity contribution in [2.45, 2.75) is 32.1 Å². The van der Waals surface area contributed by atoms with Crippen LogP contribution in [0.2, 0.25) is 0 Å². The van der Waals surface area contributed by atoms with E-state index in [1.165, 1.54) is 11.8 Å². The number of aliphatic hydroxyl groups is 1. The van der Waals surface area contributed by atoms with E-state index in [4.69, 9.17) is 4.42 Å². The minimum Gasteiger partial charge on any atom is -0.408 e. The molecule has 0 radical (unpaired) electrons. The van der Waals surface area contributed by atoms with Gasteiger partial charge in [0.1, 0.15) is 0 Å². The summed E-state index contributed by atoms with van der Waals surface area (Å²) >= 11 is 1.37. The number of amides is 1. The van der Waals surface area contributed by atoms with Gasteiger partial charge in [-0.2, -0.15) is 0 Å². The summed E-state index contributed by atoms with van der Waals surface area (Å²) < 4.78 is 5.00. The highest BCUT2D eigenvalue weighted by molar-refractivity contribution is 8.00. The van der Waals surface area contributed by atoms with Crippen LogP contribution in [-0.4, -0.2) is 38.3 Å². The molecule has 2 unspecified atom stereocenters. The molecule has 0 fully saturated rings. The van der Waals surface area contributed by atoms with Crippen molar-refractivity contribution < 1.29 is 14.3 Å². The molecule has 1 amide bonds. The quantitative estimate of drug-likeness (QED) is 0.798. The fourth-order valence-electron chi connectivity index (χ4n) is 0.849. The van der Waals surface area contributed by atoms with Crippen molar-refractivity contribution in [2.24, 2.45) is 0 Å². The van der Waals surface area contributed by atoms with Crippen molar-refractivity contribution in [1.29, 1.82) is 0 Å². The van der Waals surface area contributed by atoms with Crippen LogP contribution in [0, 0.1) is 6.92 Å². The van der Waals surface area contributed by atoms with E-state index in [2.05, 4.69) is 15.5 Å². The zero-order valence-corrected chi connectivity index (χ0v) is 10.2. The number of hydrogen-bond donors (Lipinski definition) is 2. The number of carbonyl (C=O) groups is 1. The van der Waals surface area contributed by atoms with Gasteiger partial charge in [0.15, 0.2) is 0 Å². The van der Waals surface area contributed by atoms with Gasteiger partial charge in [-0.25, -0.2) is 0 Å². The molecule has 1 aromatic rings. The Labute approximate surface area is 97.8 Å². The number of nitrogens with zero attached hydrogens (tertiary/aromatic N) is 2. The highest BCUT2D eigenvalue weighted by Crippen LogP contribution is 2.14. The predicted octanol–water partition coefficient (Wildman–Crippen LogP) is 0.819. The SMILES string of the molecule is Cc1nnc(NC(=O)CSC(C)C(C)O)o1. The molecule has 0 aromatic carbocycles. The lowest BCUT2D eigenvalue weighted by Gasteiger charge is -2.12. The summed E-state index contributed by atoms with van der Waals surface area (Å²) in [5.74, 6) is 0.425. The molecule has 0 bridgehead atoms. The van der Waals surface area contributed by atoms with Gasteiger partial charge in [-0.15, -0.1) is 16.9 Å². The number of hydrogen-bond acceptors (Lipinski definition) is 6. The molecule has 1 aromatic heterocycles. The summed E-state index contributed by atoms with van der Waals surface area (Å²) in [5, 5.41) is 18.9. The number of aryl methyl sites for hydroxylation is 1. The molecule has 0 aliphatic rings. The van der Waals surface area contributed by atoms with Gasteiger partial charge in [0, 0.05) is 12.2 Å². The molecule has 0 aliphatic heterocycles. The fraction of sp³-hybridized carbons (Fsp3) is 0.667. The number of thioether (sulfide) groups is 1. The lowest BCUT2D eigenvalue weighted by Crippen LogP contribution is -2.20. The maximum absolute atomic E-state index is 11.4. The maximum Gasteiger partial charge on any atom is 0.322 e. The first kappa shape index (κ1) is 13.0. The summed E-state index contributed by atoms with van der Waals surface area (Å²) in [6.45, 7) is 5.20. The third-order valence-electron chi connectivity index (χ3n) is 1.93. The van der Waals surface area contributed by atoms with E-state index in [9.17, 15) is 9.90 Å². The second-order valence-electron chi connectivity index (χ2n) is 3.43. The molecule has 16 heavy (non-hydrogen) atoms. The lowest BCUT2D eigenvalue weighted by molar-refractivity contribution is -0.113. The molecule has 6 nitrogen and oxygen atoms in total. The van der Waals surface area contributed by atoms with E-state index in [1.807, 2.05) is 6.92 Å². The number of nitrogens with one attached hydrogen (secondary N) is 1. The first-order valence-electron chi connectivity index (χ1n) is 4.88. The van der Waals surface area contributed by atoms with Crippen molar-refractivity contribution in [1.82, 2.24) is 10.2 Å². The maximum atomic E-state index is 11.4. The molecule has 2 atom stereocenters. The zero-order valence-electron chi connectivity index (χ0n) is 9.43. The normalized spacial score (nSPS) is 14.5. The molecule has 1 heterocycles. The van der Waals surface area contributed by atoms with Crippen molar-refractivity contribution in [3.63, 3.8) is 0 Å². The average molecular weight is 245 g/mol. The minimum atomic E-state index is -0.441. The van der Waals surface area contributed by atoms with Crippen molar-refractivity contribution in [3.05, 3.63) is 5.89 Å². The molecule has 1 rings (SSSR count). The molecule has 0 aliphatic carbocycles. The molecular formula is C9H15N3O3S. The number of aliphatic hydroxyl groups excluding tert-OH is 1. The number of anilines is 1. The summed E-state index contributed by atoms with van der Waals surface area (Å²) in [5.41, 5.74) is 0. The standard InChI is InChI=1S/C9H15N3O3S/c1-5(13)6(2)16-4-8(14)10-9-12-11-7(3)15-9/h5-6,13H,4H2,1-3H3,(H,10,12,14). The van der Waals surface area contributed by atoms with Gasteiger partial charge >= 0.3 is 6.01 Å². The first-order valence-corrected chi connectivity index (χ1v) is 5.93. The first-order chi connectivity index (χ1) is 7.49. The minimum absolute atomic E-state index is 0.00942. The van der Waals surface area contributed by atoms with Crippen LogP contribution in [-0.2, 0) is 4.79 Å². The van der Waals surface area contributed by atoms with Crippen molar-refractivity contribution in [2.75, 3.05) is 11.1 Å². The Morgan fingerprint density at radius 2 is 2.25 bits per heavy atom. The van der Waals surface area contributed by atoms with Crippen LogP contribution in [0.4, 0.5) is 6.01 Å². The largest absolute Gasteiger partial charge is 0.408 e. The Morgan fingerprint density at radius 1 is 1.56 bits per heavy atom. The van der Waals surface area contributed by atoms with Crippen LogP contribution in [0.1, 0.15) is 19.7 Å². The smallest absolute Gasteiger partial charge is 0.322 e. The van der Waals surface area contributed by atoms with Gasteiger partial charge in [-0.3, -0.25) is 10.1 Å². The van der Waals surface area contributed by atoms with E-state index in [-0.39, 0.29) is 22.9 Å². The Morgan fingerprint density at radius 3 is 2.75 bits per heavy atom. The van der Waals surface area contributed by atoms with Gasteiger partial charge in [0.25, 0.3) is 0 Å². The van der Waals surface area contributed by atoms with Crippen LogP contribution in [0.3, 0.4) is 0 Å². The van der Waals surface area contributed by atoms with E-state index >= 15 is 0 Å². The topological polar surface area (TPSA) is 88.2 Å². The molecule has 90 valence electrons. The third-order valence-corrected chi connectivity index (χ3v) is 3.28. The van der Waals surface area contributed by atoms with Crippen LogP contribution in [0.15, 0.2) is 4.42 Å². The summed E-state index contributed by atoms with van der Waals surface area (Å²) in [6.07, 6.45) is -0.441. The van der Waals surface area contributed by atoms with Gasteiger partial charge in [0.2, 0.25) is 11.8 Å². The van der Waals surface area contributed by atoms with E-state index < -0.39 is 6.10 Å². The van der Waals surface area contributed by atoms with E-state index in [1.54, 1.807) is 13.8 Å². The van der Waals surface area contributed by atoms with Gasteiger partial charge < -0.3 is 9.52 Å². The number of carbonyl (C=O) groups excluding carboxylic acids is 1. The summed E-state index contributed by atoms with van der Waals surface area (Å²) in [6, 6.07) is 0.104. The average Bonchev–Trinajstić information content (AvgIpc) is 2.60. The Hall–Kier alpha value is -1.08. The fourth-order valence-corrected chi connectivity index (χ4v) is 1.61. The highest BCUT2D eigenvalue weighted by atomic mass is 32.2. The second kappa shape index (κ2) is 5.86. The van der Waals surface area contributed by atoms with Crippen molar-refractivity contribution >= 4 is 23.7 Å². The number of aromatic nitrogens is 2. The Kier molecular flexibility index (Phi) is 4.75. The van der Waals surface area contributed by atoms with Crippen LogP contribution in [0.25, 0.3) is 0 Å². The number of rotatable bonds is 5. The van der Waals surface area contributed by atoms with E-state index in [0.29, 0.717) is 5.89 Å². The third kappa shape index (κ3) is 4.19. The lowest BCUT2D eigenvalue weighted by atomic mass is 10.3. The second-order valence-corrected chi connectivity index (χ2v) is 4.80. The molecule has 7 heteroatoms. The predicted molar refractivity (Wildman–Crippen MR) is 61.3 cm³/mol.